The molecule has 1 aromatic carbocycles. The van der Waals surface area contributed by atoms with Crippen molar-refractivity contribution in [3.63, 3.8) is 0 Å². The van der Waals surface area contributed by atoms with Crippen LogP contribution in [-0.2, 0) is 11.2 Å². The predicted octanol–water partition coefficient (Wildman–Crippen LogP) is 2.17. The van der Waals surface area contributed by atoms with Crippen molar-refractivity contribution < 1.29 is 9.53 Å². The molecule has 0 saturated carbocycles. The molecule has 1 amide bonds. The monoisotopic (exact) mass is 312 g/mol. The Hall–Kier alpha value is -1.26. The first kappa shape index (κ1) is 17.8. The standard InChI is InChI=1S/C16H24N2O2.ClH/c1-20-15-5-3-2-4-14(15)6-7-16(19)18-11-9-13-8-10-17-12-13;/h2-5,13,17H,6-12H2,1H3,(H,18,19);1H. The number of rotatable bonds is 7. The Kier molecular flexibility index (Phi) is 8.16. The lowest BCUT2D eigenvalue weighted by Crippen LogP contribution is -2.26. The number of nitrogens with one attached hydrogen (secondary N) is 2. The van der Waals surface area contributed by atoms with Gasteiger partial charge in [0.1, 0.15) is 5.75 Å². The van der Waals surface area contributed by atoms with Crippen molar-refractivity contribution in [1.82, 2.24) is 10.6 Å². The molecule has 0 radical (unpaired) electrons. The Morgan fingerprint density at radius 1 is 1.43 bits per heavy atom. The normalized spacial score (nSPS) is 17.1. The largest absolute Gasteiger partial charge is 0.496 e. The van der Waals surface area contributed by atoms with E-state index in [1.54, 1.807) is 7.11 Å². The molecule has 1 fully saturated rings. The molecule has 0 aromatic heterocycles. The summed E-state index contributed by atoms with van der Waals surface area (Å²) in [4.78, 5) is 11.8. The zero-order valence-electron chi connectivity index (χ0n) is 12.6. The maximum Gasteiger partial charge on any atom is 0.220 e. The van der Waals surface area contributed by atoms with Crippen LogP contribution in [0, 0.1) is 5.92 Å². The van der Waals surface area contributed by atoms with Gasteiger partial charge in [0.15, 0.2) is 0 Å². The van der Waals surface area contributed by atoms with Crippen LogP contribution in [0.3, 0.4) is 0 Å². The van der Waals surface area contributed by atoms with Gasteiger partial charge in [0.05, 0.1) is 7.11 Å². The lowest BCUT2D eigenvalue weighted by atomic mass is 10.1. The predicted molar refractivity (Wildman–Crippen MR) is 87.2 cm³/mol. The van der Waals surface area contributed by atoms with E-state index in [0.29, 0.717) is 6.42 Å². The molecule has 4 nitrogen and oxygen atoms in total. The van der Waals surface area contributed by atoms with Crippen molar-refractivity contribution in [3.05, 3.63) is 29.8 Å². The highest BCUT2D eigenvalue weighted by atomic mass is 35.5. The van der Waals surface area contributed by atoms with E-state index in [1.807, 2.05) is 24.3 Å². The number of hydrogen-bond donors (Lipinski definition) is 2. The summed E-state index contributed by atoms with van der Waals surface area (Å²) in [7, 11) is 1.66. The summed E-state index contributed by atoms with van der Waals surface area (Å²) in [5, 5.41) is 6.35. The Morgan fingerprint density at radius 2 is 2.24 bits per heavy atom. The Labute approximate surface area is 133 Å². The number of carbonyl (C=O) groups is 1. The van der Waals surface area contributed by atoms with Crippen LogP contribution in [-0.4, -0.2) is 32.7 Å². The average molecular weight is 313 g/mol. The van der Waals surface area contributed by atoms with E-state index in [-0.39, 0.29) is 18.3 Å². The number of hydrogen-bond acceptors (Lipinski definition) is 3. The van der Waals surface area contributed by atoms with Gasteiger partial charge in [0, 0.05) is 13.0 Å². The fraction of sp³-hybridized carbons (Fsp3) is 0.562. The zero-order valence-corrected chi connectivity index (χ0v) is 13.4. The van der Waals surface area contributed by atoms with Crippen molar-refractivity contribution in [3.8, 4) is 5.75 Å². The number of amides is 1. The highest BCUT2D eigenvalue weighted by molar-refractivity contribution is 5.85. The Bertz CT molecular complexity index is 434. The molecule has 0 spiro atoms. The molecular formula is C16H25ClN2O2. The smallest absolute Gasteiger partial charge is 0.220 e. The molecule has 1 aliphatic rings. The summed E-state index contributed by atoms with van der Waals surface area (Å²) in [5.74, 6) is 1.71. The minimum Gasteiger partial charge on any atom is -0.496 e. The zero-order chi connectivity index (χ0) is 14.2. The van der Waals surface area contributed by atoms with Crippen LogP contribution in [0.25, 0.3) is 0 Å². The summed E-state index contributed by atoms with van der Waals surface area (Å²) in [6.07, 6.45) is 3.55. The lowest BCUT2D eigenvalue weighted by Gasteiger charge is -2.10. The molecule has 1 aromatic rings. The first-order chi connectivity index (χ1) is 9.79. The minimum atomic E-state index is 0. The van der Waals surface area contributed by atoms with E-state index in [0.717, 1.165) is 49.7 Å². The van der Waals surface area contributed by atoms with Gasteiger partial charge in [0.2, 0.25) is 5.91 Å². The second kappa shape index (κ2) is 9.64. The van der Waals surface area contributed by atoms with Gasteiger partial charge in [-0.2, -0.15) is 0 Å². The fourth-order valence-corrected chi connectivity index (χ4v) is 2.62. The minimum absolute atomic E-state index is 0. The van der Waals surface area contributed by atoms with E-state index < -0.39 is 0 Å². The summed E-state index contributed by atoms with van der Waals surface area (Å²) >= 11 is 0. The van der Waals surface area contributed by atoms with Crippen molar-refractivity contribution in [2.75, 3.05) is 26.7 Å². The quantitative estimate of drug-likeness (QED) is 0.811. The fourth-order valence-electron chi connectivity index (χ4n) is 2.62. The van der Waals surface area contributed by atoms with Crippen molar-refractivity contribution >= 4 is 18.3 Å². The maximum atomic E-state index is 11.8. The molecule has 2 N–H and O–H groups in total. The molecule has 1 aliphatic heterocycles. The first-order valence-electron chi connectivity index (χ1n) is 7.39. The van der Waals surface area contributed by atoms with Gasteiger partial charge in [-0.05, 0) is 49.9 Å². The van der Waals surface area contributed by atoms with Gasteiger partial charge in [-0.25, -0.2) is 0 Å². The number of carbonyl (C=O) groups excluding carboxylic acids is 1. The number of ether oxygens (including phenoxy) is 1. The van der Waals surface area contributed by atoms with Gasteiger partial charge in [-0.3, -0.25) is 4.79 Å². The van der Waals surface area contributed by atoms with E-state index in [1.165, 1.54) is 6.42 Å². The molecule has 2 rings (SSSR count). The van der Waals surface area contributed by atoms with Crippen LogP contribution in [0.5, 0.6) is 5.75 Å². The van der Waals surface area contributed by atoms with Gasteiger partial charge in [-0.1, -0.05) is 18.2 Å². The molecule has 1 atom stereocenters. The van der Waals surface area contributed by atoms with E-state index in [2.05, 4.69) is 10.6 Å². The second-order valence-corrected chi connectivity index (χ2v) is 5.31. The molecule has 1 heterocycles. The van der Waals surface area contributed by atoms with Gasteiger partial charge in [0.25, 0.3) is 0 Å². The van der Waals surface area contributed by atoms with Crippen LogP contribution in [0.15, 0.2) is 24.3 Å². The number of benzene rings is 1. The third kappa shape index (κ3) is 5.94. The topological polar surface area (TPSA) is 50.4 Å². The number of methoxy groups -OCH3 is 1. The summed E-state index contributed by atoms with van der Waals surface area (Å²) in [6, 6.07) is 7.86. The average Bonchev–Trinajstić information content (AvgIpc) is 2.98. The number of aryl methyl sites for hydroxylation is 1. The summed E-state index contributed by atoms with van der Waals surface area (Å²) in [5.41, 5.74) is 1.09. The van der Waals surface area contributed by atoms with Crippen molar-refractivity contribution in [2.24, 2.45) is 5.92 Å². The van der Waals surface area contributed by atoms with Gasteiger partial charge < -0.3 is 15.4 Å². The lowest BCUT2D eigenvalue weighted by molar-refractivity contribution is -0.121. The summed E-state index contributed by atoms with van der Waals surface area (Å²) in [6.45, 7) is 3.00. The second-order valence-electron chi connectivity index (χ2n) is 5.31. The Morgan fingerprint density at radius 3 is 2.95 bits per heavy atom. The van der Waals surface area contributed by atoms with E-state index in [9.17, 15) is 4.79 Å². The SMILES string of the molecule is COc1ccccc1CCC(=O)NCCC1CCNC1.Cl. The number of para-hydroxylation sites is 1. The van der Waals surface area contributed by atoms with Crippen LogP contribution in [0.2, 0.25) is 0 Å². The molecule has 21 heavy (non-hydrogen) atoms. The van der Waals surface area contributed by atoms with Crippen LogP contribution < -0.4 is 15.4 Å². The highest BCUT2D eigenvalue weighted by Gasteiger charge is 2.14. The molecule has 0 aliphatic carbocycles. The molecule has 1 saturated heterocycles. The first-order valence-corrected chi connectivity index (χ1v) is 7.39. The van der Waals surface area contributed by atoms with Crippen LogP contribution in [0.1, 0.15) is 24.8 Å². The van der Waals surface area contributed by atoms with Gasteiger partial charge in [-0.15, -0.1) is 12.4 Å². The molecular weight excluding hydrogens is 288 g/mol. The Balaban J connectivity index is 0.00000220. The third-order valence-electron chi connectivity index (χ3n) is 3.85. The highest BCUT2D eigenvalue weighted by Crippen LogP contribution is 2.18. The van der Waals surface area contributed by atoms with Crippen LogP contribution in [0.4, 0.5) is 0 Å². The molecule has 1 unspecified atom stereocenters. The maximum absolute atomic E-state index is 11.8. The summed E-state index contributed by atoms with van der Waals surface area (Å²) < 4.78 is 5.29. The van der Waals surface area contributed by atoms with Gasteiger partial charge >= 0.3 is 0 Å². The number of halogens is 1. The van der Waals surface area contributed by atoms with E-state index >= 15 is 0 Å². The third-order valence-corrected chi connectivity index (χ3v) is 3.85. The molecule has 5 heteroatoms. The molecule has 118 valence electrons. The van der Waals surface area contributed by atoms with Crippen LogP contribution >= 0.6 is 12.4 Å². The van der Waals surface area contributed by atoms with Crippen molar-refractivity contribution in [1.29, 1.82) is 0 Å². The van der Waals surface area contributed by atoms with E-state index in [4.69, 9.17) is 4.74 Å². The van der Waals surface area contributed by atoms with Crippen molar-refractivity contribution in [2.45, 2.75) is 25.7 Å². The molecule has 0 bridgehead atoms.